The monoisotopic (exact) mass is 646 g/mol. The molecule has 1 heterocycles. The highest BCUT2D eigenvalue weighted by Crippen LogP contribution is 2.50. The van der Waals surface area contributed by atoms with Gasteiger partial charge in [0.15, 0.2) is 0 Å². The summed E-state index contributed by atoms with van der Waals surface area (Å²) in [5.41, 5.74) is 9.24. The zero-order valence-corrected chi connectivity index (χ0v) is 27.7. The maximum Gasteiger partial charge on any atom is 0.143 e. The van der Waals surface area contributed by atoms with Crippen molar-refractivity contribution in [2.45, 2.75) is 0 Å². The van der Waals surface area contributed by atoms with Gasteiger partial charge in [-0.2, -0.15) is 0 Å². The van der Waals surface area contributed by atoms with Gasteiger partial charge in [0.05, 0.1) is 0 Å². The van der Waals surface area contributed by atoms with Gasteiger partial charge in [-0.05, 0) is 94.0 Å². The average Bonchev–Trinajstić information content (AvgIpc) is 3.60. The number of fused-ring (bicyclic) bond motifs is 10. The highest BCUT2D eigenvalue weighted by atomic mass is 16.3. The Hall–Kier alpha value is -6.70. The van der Waals surface area contributed by atoms with Gasteiger partial charge in [-0.3, -0.25) is 0 Å². The standard InChI is InChI=1S/C50H30O/c1-2-13-31(14-3-1)35-29-30-37-34-17-6-4-15-32(34)25-27-42(37)48(35)49-40-21-10-8-19-38(40)46(39-20-9-11-22-41(39)49)43-23-12-24-45-47(43)44-28-26-33-16-5-7-18-36(33)50(44)51-45/h1-30H. The van der Waals surface area contributed by atoms with Crippen LogP contribution in [0.3, 0.4) is 0 Å². The topological polar surface area (TPSA) is 13.1 Å². The van der Waals surface area contributed by atoms with Crippen molar-refractivity contribution in [2.75, 3.05) is 0 Å². The van der Waals surface area contributed by atoms with E-state index in [1.807, 2.05) is 0 Å². The van der Waals surface area contributed by atoms with Crippen LogP contribution in [0.25, 0.3) is 109 Å². The fourth-order valence-corrected chi connectivity index (χ4v) is 8.67. The number of furan rings is 1. The Morgan fingerprint density at radius 3 is 1.51 bits per heavy atom. The van der Waals surface area contributed by atoms with Crippen LogP contribution >= 0.6 is 0 Å². The lowest BCUT2D eigenvalue weighted by atomic mass is 9.81. The lowest BCUT2D eigenvalue weighted by molar-refractivity contribution is 0.673. The maximum atomic E-state index is 6.69. The molecule has 0 spiro atoms. The van der Waals surface area contributed by atoms with Crippen molar-refractivity contribution in [3.63, 3.8) is 0 Å². The number of rotatable bonds is 3. The van der Waals surface area contributed by atoms with Crippen molar-refractivity contribution < 1.29 is 4.42 Å². The molecule has 11 aromatic rings. The van der Waals surface area contributed by atoms with E-state index >= 15 is 0 Å². The van der Waals surface area contributed by atoms with Crippen LogP contribution < -0.4 is 0 Å². The molecule has 51 heavy (non-hydrogen) atoms. The minimum Gasteiger partial charge on any atom is -0.455 e. The second kappa shape index (κ2) is 10.9. The lowest BCUT2D eigenvalue weighted by Gasteiger charge is -2.22. The molecule has 0 N–H and O–H groups in total. The third-order valence-electron chi connectivity index (χ3n) is 10.8. The van der Waals surface area contributed by atoms with Crippen LogP contribution in [0.5, 0.6) is 0 Å². The van der Waals surface area contributed by atoms with Crippen molar-refractivity contribution in [3.8, 4) is 33.4 Å². The first-order valence-electron chi connectivity index (χ1n) is 17.6. The first kappa shape index (κ1) is 28.2. The number of hydrogen-bond donors (Lipinski definition) is 0. The van der Waals surface area contributed by atoms with E-state index in [0.29, 0.717) is 0 Å². The smallest absolute Gasteiger partial charge is 0.143 e. The summed E-state index contributed by atoms with van der Waals surface area (Å²) in [4.78, 5) is 0. The molecule has 0 unspecified atom stereocenters. The van der Waals surface area contributed by atoms with Crippen molar-refractivity contribution in [1.29, 1.82) is 0 Å². The Morgan fingerprint density at radius 2 is 0.804 bits per heavy atom. The molecule has 10 aromatic carbocycles. The summed E-state index contributed by atoms with van der Waals surface area (Å²) >= 11 is 0. The average molecular weight is 647 g/mol. The van der Waals surface area contributed by atoms with Gasteiger partial charge in [-0.15, -0.1) is 0 Å². The van der Waals surface area contributed by atoms with Crippen LogP contribution in [0.4, 0.5) is 0 Å². The molecule has 0 aliphatic carbocycles. The van der Waals surface area contributed by atoms with E-state index in [1.165, 1.54) is 81.9 Å². The Morgan fingerprint density at radius 1 is 0.275 bits per heavy atom. The summed E-state index contributed by atoms with van der Waals surface area (Å²) in [5.74, 6) is 0. The lowest BCUT2D eigenvalue weighted by Crippen LogP contribution is -1.94. The first-order chi connectivity index (χ1) is 25.3. The Bertz CT molecular complexity index is 3130. The van der Waals surface area contributed by atoms with E-state index in [4.69, 9.17) is 4.42 Å². The van der Waals surface area contributed by atoms with Gasteiger partial charge in [0, 0.05) is 16.2 Å². The third kappa shape index (κ3) is 4.09. The molecular weight excluding hydrogens is 617 g/mol. The Balaban J connectivity index is 1.31. The molecule has 1 heteroatoms. The summed E-state index contributed by atoms with van der Waals surface area (Å²) in [6.07, 6.45) is 0. The van der Waals surface area contributed by atoms with E-state index in [-0.39, 0.29) is 0 Å². The Labute approximate surface area is 294 Å². The molecule has 11 rings (SSSR count). The largest absolute Gasteiger partial charge is 0.455 e. The zero-order chi connectivity index (χ0) is 33.5. The van der Waals surface area contributed by atoms with Crippen LogP contribution in [0.15, 0.2) is 186 Å². The molecule has 0 atom stereocenters. The molecular formula is C50H30O. The van der Waals surface area contributed by atoms with E-state index in [9.17, 15) is 0 Å². The van der Waals surface area contributed by atoms with Gasteiger partial charge >= 0.3 is 0 Å². The van der Waals surface area contributed by atoms with Gasteiger partial charge in [-0.1, -0.05) is 170 Å². The fraction of sp³-hybridized carbons (Fsp3) is 0. The maximum absolute atomic E-state index is 6.69. The number of hydrogen-bond acceptors (Lipinski definition) is 1. The molecule has 236 valence electrons. The van der Waals surface area contributed by atoms with Gasteiger partial charge in [0.1, 0.15) is 11.2 Å². The second-order valence-corrected chi connectivity index (χ2v) is 13.5. The molecule has 0 fully saturated rings. The summed E-state index contributed by atoms with van der Waals surface area (Å²) in [6.45, 7) is 0. The highest BCUT2D eigenvalue weighted by Gasteiger charge is 2.23. The van der Waals surface area contributed by atoms with Gasteiger partial charge < -0.3 is 4.42 Å². The molecule has 0 saturated carbocycles. The van der Waals surface area contributed by atoms with Crippen LogP contribution in [0.2, 0.25) is 0 Å². The van der Waals surface area contributed by atoms with Gasteiger partial charge in [0.25, 0.3) is 0 Å². The molecule has 0 bridgehead atoms. The number of benzene rings is 10. The van der Waals surface area contributed by atoms with E-state index in [0.717, 1.165) is 27.3 Å². The SMILES string of the molecule is c1ccc(-c2ccc3c(ccc4ccccc43)c2-c2c3ccccc3c(-c3cccc4oc5c6ccccc6ccc5c34)c3ccccc23)cc1. The van der Waals surface area contributed by atoms with E-state index < -0.39 is 0 Å². The minimum atomic E-state index is 0.906. The van der Waals surface area contributed by atoms with E-state index in [2.05, 4.69) is 182 Å². The highest BCUT2D eigenvalue weighted by molar-refractivity contribution is 6.29. The van der Waals surface area contributed by atoms with Gasteiger partial charge in [0.2, 0.25) is 0 Å². The minimum absolute atomic E-state index is 0.906. The summed E-state index contributed by atoms with van der Waals surface area (Å²) in [6, 6.07) is 66.3. The van der Waals surface area contributed by atoms with Crippen molar-refractivity contribution in [1.82, 2.24) is 0 Å². The molecule has 1 aromatic heterocycles. The summed E-state index contributed by atoms with van der Waals surface area (Å²) in [5, 5.41) is 14.6. The van der Waals surface area contributed by atoms with Crippen molar-refractivity contribution in [3.05, 3.63) is 182 Å². The Kier molecular flexibility index (Phi) is 6.02. The zero-order valence-electron chi connectivity index (χ0n) is 27.7. The molecule has 0 aliphatic heterocycles. The molecule has 0 radical (unpaired) electrons. The van der Waals surface area contributed by atoms with Crippen LogP contribution in [0, 0.1) is 0 Å². The van der Waals surface area contributed by atoms with Crippen LogP contribution in [0.1, 0.15) is 0 Å². The predicted octanol–water partition coefficient (Wildman–Crippen LogP) is 14.4. The fourth-order valence-electron chi connectivity index (χ4n) is 8.67. The van der Waals surface area contributed by atoms with Crippen LogP contribution in [-0.2, 0) is 0 Å². The summed E-state index contributed by atoms with van der Waals surface area (Å²) in [7, 11) is 0. The molecule has 1 nitrogen and oxygen atoms in total. The van der Waals surface area contributed by atoms with Gasteiger partial charge in [-0.25, -0.2) is 0 Å². The quantitative estimate of drug-likeness (QED) is 0.138. The van der Waals surface area contributed by atoms with Crippen LogP contribution in [-0.4, -0.2) is 0 Å². The second-order valence-electron chi connectivity index (χ2n) is 13.5. The van der Waals surface area contributed by atoms with Crippen molar-refractivity contribution in [2.24, 2.45) is 0 Å². The molecule has 0 saturated heterocycles. The first-order valence-corrected chi connectivity index (χ1v) is 17.6. The molecule has 0 amide bonds. The normalized spacial score (nSPS) is 11.9. The molecule has 0 aliphatic rings. The summed E-state index contributed by atoms with van der Waals surface area (Å²) < 4.78 is 6.69. The van der Waals surface area contributed by atoms with E-state index in [1.54, 1.807) is 0 Å². The van der Waals surface area contributed by atoms with Crippen molar-refractivity contribution >= 4 is 75.8 Å². The third-order valence-corrected chi connectivity index (χ3v) is 10.8. The predicted molar refractivity (Wildman–Crippen MR) is 218 cm³/mol.